The van der Waals surface area contributed by atoms with Crippen molar-refractivity contribution in [2.75, 3.05) is 20.3 Å². The average Bonchev–Trinajstić information content (AvgIpc) is 2.58. The van der Waals surface area contributed by atoms with E-state index in [0.717, 1.165) is 0 Å². The summed E-state index contributed by atoms with van der Waals surface area (Å²) in [5, 5.41) is 2.68. The van der Waals surface area contributed by atoms with Gasteiger partial charge in [-0.3, -0.25) is 4.79 Å². The molecule has 0 unspecified atom stereocenters. The van der Waals surface area contributed by atoms with Crippen LogP contribution in [0.4, 0.5) is 0 Å². The van der Waals surface area contributed by atoms with Crippen LogP contribution in [0.3, 0.4) is 0 Å². The van der Waals surface area contributed by atoms with Crippen molar-refractivity contribution in [3.05, 3.63) is 23.8 Å². The number of hydrogen-bond donors (Lipinski definition) is 1. The molecule has 1 aliphatic heterocycles. The van der Waals surface area contributed by atoms with E-state index in [-0.39, 0.29) is 11.9 Å². The fourth-order valence-electron chi connectivity index (χ4n) is 2.22. The van der Waals surface area contributed by atoms with Crippen molar-refractivity contribution >= 4 is 18.0 Å². The Bertz CT molecular complexity index is 651. The van der Waals surface area contributed by atoms with Crippen LogP contribution in [-0.2, 0) is 14.3 Å². The van der Waals surface area contributed by atoms with Crippen LogP contribution < -0.4 is 19.5 Å². The van der Waals surface area contributed by atoms with Gasteiger partial charge >= 0.3 is 5.97 Å². The van der Waals surface area contributed by atoms with Gasteiger partial charge in [0, 0.05) is 12.1 Å². The van der Waals surface area contributed by atoms with E-state index in [1.807, 2.05) is 13.8 Å². The van der Waals surface area contributed by atoms with Gasteiger partial charge < -0.3 is 24.3 Å². The Kier molecular flexibility index (Phi) is 6.27. The first-order chi connectivity index (χ1) is 11.9. The predicted octanol–water partition coefficient (Wildman–Crippen LogP) is 1.94. The Labute approximate surface area is 146 Å². The van der Waals surface area contributed by atoms with Crippen LogP contribution in [0.15, 0.2) is 18.2 Å². The molecule has 1 aromatic rings. The molecule has 1 aliphatic rings. The van der Waals surface area contributed by atoms with Gasteiger partial charge in [0.15, 0.2) is 17.6 Å². The lowest BCUT2D eigenvalue weighted by Crippen LogP contribution is -2.39. The fourth-order valence-corrected chi connectivity index (χ4v) is 2.22. The van der Waals surface area contributed by atoms with Crippen LogP contribution in [0.2, 0.25) is 0 Å². The number of esters is 1. The smallest absolute Gasteiger partial charge is 0.331 e. The Hall–Kier alpha value is -2.70. The summed E-state index contributed by atoms with van der Waals surface area (Å²) in [4.78, 5) is 23.6. The van der Waals surface area contributed by atoms with Gasteiger partial charge in [0.25, 0.3) is 5.91 Å². The maximum Gasteiger partial charge on any atom is 0.331 e. The van der Waals surface area contributed by atoms with Gasteiger partial charge in [-0.1, -0.05) is 0 Å². The first-order valence-corrected chi connectivity index (χ1v) is 8.07. The summed E-state index contributed by atoms with van der Waals surface area (Å²) in [6, 6.07) is 3.45. The molecular weight excluding hydrogens is 326 g/mol. The number of hydrogen-bond acceptors (Lipinski definition) is 6. The quantitative estimate of drug-likeness (QED) is 0.624. The molecule has 0 bridgehead atoms. The molecule has 0 aliphatic carbocycles. The van der Waals surface area contributed by atoms with E-state index in [2.05, 4.69) is 5.32 Å². The van der Waals surface area contributed by atoms with Crippen molar-refractivity contribution in [1.29, 1.82) is 0 Å². The third-order valence-corrected chi connectivity index (χ3v) is 3.36. The second-order valence-electron chi connectivity index (χ2n) is 5.82. The number of amides is 1. The summed E-state index contributed by atoms with van der Waals surface area (Å²) < 4.78 is 21.4. The van der Waals surface area contributed by atoms with Gasteiger partial charge in [-0.05, 0) is 44.5 Å². The molecule has 1 atom stereocenters. The van der Waals surface area contributed by atoms with E-state index >= 15 is 0 Å². The third-order valence-electron chi connectivity index (χ3n) is 3.36. The standard InChI is InChI=1S/C18H23NO6/c1-11(2)19-18(21)12(3)25-16(20)6-5-13-9-14(22-4)17-15(10-13)23-7-8-24-17/h5-6,9-12H,7-8H2,1-4H3,(H,19,21)/b6-5+/t12-/m0/s1. The van der Waals surface area contributed by atoms with E-state index in [1.165, 1.54) is 20.1 Å². The number of nitrogens with one attached hydrogen (secondary N) is 1. The van der Waals surface area contributed by atoms with Gasteiger partial charge in [0.2, 0.25) is 5.75 Å². The van der Waals surface area contributed by atoms with Crippen molar-refractivity contribution in [3.8, 4) is 17.2 Å². The van der Waals surface area contributed by atoms with Crippen LogP contribution in [0.25, 0.3) is 6.08 Å². The molecule has 0 fully saturated rings. The van der Waals surface area contributed by atoms with Crippen molar-refractivity contribution in [2.45, 2.75) is 32.9 Å². The number of carbonyl (C=O) groups excluding carboxylic acids is 2. The van der Waals surface area contributed by atoms with Crippen molar-refractivity contribution < 1.29 is 28.5 Å². The van der Waals surface area contributed by atoms with E-state index in [0.29, 0.717) is 36.0 Å². The zero-order chi connectivity index (χ0) is 18.4. The van der Waals surface area contributed by atoms with Crippen molar-refractivity contribution in [3.63, 3.8) is 0 Å². The Balaban J connectivity index is 2.03. The molecule has 25 heavy (non-hydrogen) atoms. The summed E-state index contributed by atoms with van der Waals surface area (Å²) in [7, 11) is 1.53. The zero-order valence-electron chi connectivity index (χ0n) is 14.8. The molecule has 0 aromatic heterocycles. The summed E-state index contributed by atoms with van der Waals surface area (Å²) in [5.74, 6) is 0.684. The molecule has 136 valence electrons. The van der Waals surface area contributed by atoms with E-state index < -0.39 is 12.1 Å². The first kappa shape index (κ1) is 18.6. The fraction of sp³-hybridized carbons (Fsp3) is 0.444. The van der Waals surface area contributed by atoms with E-state index in [1.54, 1.807) is 18.2 Å². The lowest BCUT2D eigenvalue weighted by Gasteiger charge is -2.20. The highest BCUT2D eigenvalue weighted by molar-refractivity contribution is 5.90. The minimum absolute atomic E-state index is 0.0191. The van der Waals surface area contributed by atoms with Crippen LogP contribution in [0.1, 0.15) is 26.3 Å². The van der Waals surface area contributed by atoms with E-state index in [9.17, 15) is 9.59 Å². The molecule has 1 aromatic carbocycles. The van der Waals surface area contributed by atoms with Gasteiger partial charge in [-0.2, -0.15) is 0 Å². The third kappa shape index (κ3) is 5.14. The lowest BCUT2D eigenvalue weighted by molar-refractivity contribution is -0.150. The van der Waals surface area contributed by atoms with Crippen molar-refractivity contribution in [1.82, 2.24) is 5.32 Å². The predicted molar refractivity (Wildman–Crippen MR) is 91.9 cm³/mol. The first-order valence-electron chi connectivity index (χ1n) is 8.07. The monoisotopic (exact) mass is 349 g/mol. The van der Waals surface area contributed by atoms with Crippen LogP contribution in [0, 0.1) is 0 Å². The topological polar surface area (TPSA) is 83.1 Å². The summed E-state index contributed by atoms with van der Waals surface area (Å²) in [6.45, 7) is 6.11. The number of carbonyl (C=O) groups is 2. The Morgan fingerprint density at radius 1 is 1.20 bits per heavy atom. The number of rotatable bonds is 6. The molecule has 0 saturated heterocycles. The number of benzene rings is 1. The minimum atomic E-state index is -0.866. The molecule has 0 saturated carbocycles. The summed E-state index contributed by atoms with van der Waals surface area (Å²) >= 11 is 0. The van der Waals surface area contributed by atoms with Crippen molar-refractivity contribution in [2.24, 2.45) is 0 Å². The maximum absolute atomic E-state index is 11.9. The zero-order valence-corrected chi connectivity index (χ0v) is 14.8. The summed E-state index contributed by atoms with van der Waals surface area (Å²) in [5.41, 5.74) is 0.692. The highest BCUT2D eigenvalue weighted by Gasteiger charge is 2.19. The largest absolute Gasteiger partial charge is 0.493 e. The number of fused-ring (bicyclic) bond motifs is 1. The Morgan fingerprint density at radius 2 is 1.92 bits per heavy atom. The molecular formula is C18H23NO6. The minimum Gasteiger partial charge on any atom is -0.493 e. The normalized spacial score (nSPS) is 14.3. The van der Waals surface area contributed by atoms with Gasteiger partial charge in [-0.15, -0.1) is 0 Å². The second-order valence-corrected chi connectivity index (χ2v) is 5.82. The highest BCUT2D eigenvalue weighted by atomic mass is 16.6. The van der Waals surface area contributed by atoms with Gasteiger partial charge in [0.05, 0.1) is 7.11 Å². The second kappa shape index (κ2) is 8.41. The average molecular weight is 349 g/mol. The van der Waals surface area contributed by atoms with Crippen LogP contribution >= 0.6 is 0 Å². The molecule has 7 heteroatoms. The van der Waals surface area contributed by atoms with Crippen LogP contribution in [0.5, 0.6) is 17.2 Å². The SMILES string of the molecule is COc1cc(/C=C/C(=O)O[C@@H](C)C(=O)NC(C)C)cc2c1OCCO2. The Morgan fingerprint density at radius 3 is 2.60 bits per heavy atom. The summed E-state index contributed by atoms with van der Waals surface area (Å²) in [6.07, 6.45) is 1.95. The van der Waals surface area contributed by atoms with E-state index in [4.69, 9.17) is 18.9 Å². The molecule has 0 radical (unpaired) electrons. The molecule has 1 N–H and O–H groups in total. The highest BCUT2D eigenvalue weighted by Crippen LogP contribution is 2.40. The van der Waals surface area contributed by atoms with Crippen LogP contribution in [-0.4, -0.2) is 44.3 Å². The van der Waals surface area contributed by atoms with Gasteiger partial charge in [-0.25, -0.2) is 4.79 Å². The number of ether oxygens (including phenoxy) is 4. The maximum atomic E-state index is 11.9. The molecule has 7 nitrogen and oxygen atoms in total. The molecule has 2 rings (SSSR count). The molecule has 1 amide bonds. The molecule has 1 heterocycles. The van der Waals surface area contributed by atoms with Gasteiger partial charge in [0.1, 0.15) is 13.2 Å². The lowest BCUT2D eigenvalue weighted by atomic mass is 10.1. The number of methoxy groups -OCH3 is 1. The molecule has 0 spiro atoms.